The van der Waals surface area contributed by atoms with Crippen molar-refractivity contribution in [1.29, 1.82) is 0 Å². The molecule has 0 saturated heterocycles. The average molecular weight is 275 g/mol. The van der Waals surface area contributed by atoms with Crippen LogP contribution in [0.25, 0.3) is 0 Å². The summed E-state index contributed by atoms with van der Waals surface area (Å²) in [6.45, 7) is 1.01. The first-order valence-corrected chi connectivity index (χ1v) is 8.25. The van der Waals surface area contributed by atoms with Gasteiger partial charge in [0.2, 0.25) is 11.8 Å². The molecule has 4 bridgehead atoms. The Morgan fingerprint density at radius 3 is 2.35 bits per heavy atom. The predicted octanol–water partition coefficient (Wildman–Crippen LogP) is 2.69. The molecule has 5 rings (SSSR count). The number of hydrogen-bond donors (Lipinski definition) is 1. The van der Waals surface area contributed by atoms with E-state index in [0.717, 1.165) is 48.9 Å². The number of aryl methyl sites for hydroxylation is 1. The van der Waals surface area contributed by atoms with Gasteiger partial charge in [-0.25, -0.2) is 0 Å². The highest BCUT2D eigenvalue weighted by Gasteiger charge is 2.54. The lowest BCUT2D eigenvalue weighted by Crippen LogP contribution is -2.48. The second-order valence-electron chi connectivity index (χ2n) is 7.41. The summed E-state index contributed by atoms with van der Waals surface area (Å²) >= 11 is 0. The summed E-state index contributed by atoms with van der Waals surface area (Å²) in [5.41, 5.74) is 0.253. The van der Waals surface area contributed by atoms with Crippen LogP contribution in [0.3, 0.4) is 0 Å². The van der Waals surface area contributed by atoms with Gasteiger partial charge in [-0.15, -0.1) is 10.2 Å². The van der Waals surface area contributed by atoms with Gasteiger partial charge in [-0.2, -0.15) is 0 Å². The van der Waals surface area contributed by atoms with E-state index in [1.807, 2.05) is 7.05 Å². The van der Waals surface area contributed by atoms with Crippen LogP contribution in [0.1, 0.15) is 56.7 Å². The van der Waals surface area contributed by atoms with E-state index >= 15 is 0 Å². The van der Waals surface area contributed by atoms with E-state index in [1.165, 1.54) is 38.5 Å². The lowest BCUT2D eigenvalue weighted by Gasteiger charge is -2.55. The molecule has 0 amide bonds. The molecule has 1 aromatic rings. The van der Waals surface area contributed by atoms with Crippen molar-refractivity contribution in [2.24, 2.45) is 17.8 Å². The molecule has 4 fully saturated rings. The van der Waals surface area contributed by atoms with Crippen LogP contribution in [0.5, 0.6) is 0 Å². The van der Waals surface area contributed by atoms with Crippen molar-refractivity contribution in [3.63, 3.8) is 0 Å². The van der Waals surface area contributed by atoms with Crippen LogP contribution in [0.4, 0.5) is 0 Å². The molecule has 1 N–H and O–H groups in total. The van der Waals surface area contributed by atoms with Gasteiger partial charge in [0.1, 0.15) is 0 Å². The summed E-state index contributed by atoms with van der Waals surface area (Å²) in [6, 6.07) is 0. The minimum atomic E-state index is 0.253. The van der Waals surface area contributed by atoms with E-state index < -0.39 is 0 Å². The third kappa shape index (κ3) is 2.09. The Labute approximate surface area is 120 Å². The van der Waals surface area contributed by atoms with Crippen LogP contribution in [0.15, 0.2) is 4.42 Å². The second-order valence-corrected chi connectivity index (χ2v) is 7.41. The van der Waals surface area contributed by atoms with Crippen LogP contribution in [0, 0.1) is 17.8 Å². The fourth-order valence-electron chi connectivity index (χ4n) is 5.36. The van der Waals surface area contributed by atoms with E-state index in [0.29, 0.717) is 0 Å². The van der Waals surface area contributed by atoms with Gasteiger partial charge in [0.05, 0.1) is 0 Å². The highest BCUT2D eigenvalue weighted by Crippen LogP contribution is 2.60. The van der Waals surface area contributed by atoms with Crippen LogP contribution in [-0.2, 0) is 11.8 Å². The molecule has 20 heavy (non-hydrogen) atoms. The zero-order valence-corrected chi connectivity index (χ0v) is 12.4. The maximum absolute atomic E-state index is 6.07. The maximum atomic E-state index is 6.07. The average Bonchev–Trinajstić information content (AvgIpc) is 2.87. The lowest BCUT2D eigenvalue weighted by atomic mass is 9.49. The molecule has 1 aromatic heterocycles. The summed E-state index contributed by atoms with van der Waals surface area (Å²) in [4.78, 5) is 0. The number of rotatable bonds is 5. The van der Waals surface area contributed by atoms with Crippen molar-refractivity contribution in [3.05, 3.63) is 11.8 Å². The molecule has 0 aromatic carbocycles. The first-order chi connectivity index (χ1) is 9.77. The van der Waals surface area contributed by atoms with E-state index in [1.54, 1.807) is 0 Å². The topological polar surface area (TPSA) is 51.0 Å². The van der Waals surface area contributed by atoms with Crippen molar-refractivity contribution < 1.29 is 4.42 Å². The molecule has 0 aliphatic heterocycles. The Kier molecular flexibility index (Phi) is 3.09. The largest absolute Gasteiger partial charge is 0.425 e. The molecule has 4 aliphatic rings. The van der Waals surface area contributed by atoms with Gasteiger partial charge < -0.3 is 9.73 Å². The molecule has 4 aliphatic carbocycles. The summed E-state index contributed by atoms with van der Waals surface area (Å²) in [6.07, 6.45) is 10.3. The van der Waals surface area contributed by atoms with Gasteiger partial charge in [0.25, 0.3) is 0 Å². The lowest BCUT2D eigenvalue weighted by molar-refractivity contribution is -0.0182. The van der Waals surface area contributed by atoms with E-state index in [-0.39, 0.29) is 5.41 Å². The Bertz CT molecular complexity index is 447. The van der Waals surface area contributed by atoms with Gasteiger partial charge >= 0.3 is 0 Å². The van der Waals surface area contributed by atoms with Crippen molar-refractivity contribution in [1.82, 2.24) is 15.5 Å². The van der Waals surface area contributed by atoms with Crippen molar-refractivity contribution in [2.45, 2.75) is 56.8 Å². The molecule has 1 heterocycles. The van der Waals surface area contributed by atoms with Crippen LogP contribution in [-0.4, -0.2) is 23.8 Å². The Morgan fingerprint density at radius 1 is 1.10 bits per heavy atom. The summed E-state index contributed by atoms with van der Waals surface area (Å²) in [5.74, 6) is 4.60. The van der Waals surface area contributed by atoms with E-state index in [4.69, 9.17) is 4.42 Å². The fraction of sp³-hybridized carbons (Fsp3) is 0.875. The van der Waals surface area contributed by atoms with Crippen molar-refractivity contribution in [3.8, 4) is 0 Å². The zero-order valence-electron chi connectivity index (χ0n) is 12.4. The minimum Gasteiger partial charge on any atom is -0.425 e. The molecule has 110 valence electrons. The van der Waals surface area contributed by atoms with Crippen LogP contribution in [0.2, 0.25) is 0 Å². The van der Waals surface area contributed by atoms with Gasteiger partial charge in [-0.3, -0.25) is 0 Å². The number of nitrogens with one attached hydrogen (secondary N) is 1. The standard InChI is InChI=1S/C16H25N3O/c1-17-4-2-3-14-18-19-15(20-14)16-8-11-5-12(9-16)7-13(6-11)10-16/h11-13,17H,2-10H2,1H3. The highest BCUT2D eigenvalue weighted by atomic mass is 16.4. The molecule has 0 spiro atoms. The maximum Gasteiger partial charge on any atom is 0.222 e. The number of aromatic nitrogens is 2. The van der Waals surface area contributed by atoms with E-state index in [2.05, 4.69) is 15.5 Å². The third-order valence-electron chi connectivity index (χ3n) is 5.78. The predicted molar refractivity (Wildman–Crippen MR) is 76.4 cm³/mol. The smallest absolute Gasteiger partial charge is 0.222 e. The van der Waals surface area contributed by atoms with Gasteiger partial charge in [0, 0.05) is 11.8 Å². The first-order valence-electron chi connectivity index (χ1n) is 8.25. The molecule has 4 nitrogen and oxygen atoms in total. The Hall–Kier alpha value is -0.900. The first kappa shape index (κ1) is 12.8. The molecule has 0 atom stereocenters. The zero-order chi connectivity index (χ0) is 13.6. The second kappa shape index (κ2) is 4.83. The molecule has 0 unspecified atom stereocenters. The Balaban J connectivity index is 1.52. The summed E-state index contributed by atoms with van der Waals surface area (Å²) < 4.78 is 6.07. The van der Waals surface area contributed by atoms with Crippen LogP contribution < -0.4 is 5.32 Å². The highest BCUT2D eigenvalue weighted by molar-refractivity contribution is 5.14. The van der Waals surface area contributed by atoms with Crippen molar-refractivity contribution >= 4 is 0 Å². The summed E-state index contributed by atoms with van der Waals surface area (Å²) in [7, 11) is 1.98. The normalized spacial score (nSPS) is 38.5. The SMILES string of the molecule is CNCCCc1nnc(C23CC4CC(CC(C4)C2)C3)o1. The quantitative estimate of drug-likeness (QED) is 0.839. The van der Waals surface area contributed by atoms with Crippen molar-refractivity contribution in [2.75, 3.05) is 13.6 Å². The molecule has 4 saturated carbocycles. The minimum absolute atomic E-state index is 0.253. The number of nitrogens with zero attached hydrogens (tertiary/aromatic N) is 2. The fourth-order valence-corrected chi connectivity index (χ4v) is 5.36. The van der Waals surface area contributed by atoms with Gasteiger partial charge in [0.15, 0.2) is 0 Å². The monoisotopic (exact) mass is 275 g/mol. The Morgan fingerprint density at radius 2 is 1.75 bits per heavy atom. The molecular weight excluding hydrogens is 250 g/mol. The van der Waals surface area contributed by atoms with Gasteiger partial charge in [-0.05, 0) is 76.3 Å². The van der Waals surface area contributed by atoms with E-state index in [9.17, 15) is 0 Å². The third-order valence-corrected chi connectivity index (χ3v) is 5.78. The molecular formula is C16H25N3O. The van der Waals surface area contributed by atoms with Crippen LogP contribution >= 0.6 is 0 Å². The molecule has 0 radical (unpaired) electrons. The summed E-state index contributed by atoms with van der Waals surface area (Å²) in [5, 5.41) is 11.9. The van der Waals surface area contributed by atoms with Gasteiger partial charge in [-0.1, -0.05) is 0 Å². The molecule has 4 heteroatoms. The number of hydrogen-bond acceptors (Lipinski definition) is 4.